The Morgan fingerprint density at radius 2 is 2.11 bits per heavy atom. The molecule has 2 aliphatic heterocycles. The summed E-state index contributed by atoms with van der Waals surface area (Å²) in [6.07, 6.45) is 4.60. The van der Waals surface area contributed by atoms with Crippen molar-refractivity contribution in [3.05, 3.63) is 30.7 Å². The molecular formula is C18H20N4O4S. The molecular weight excluding hydrogens is 368 g/mol. The van der Waals surface area contributed by atoms with Gasteiger partial charge in [-0.15, -0.1) is 0 Å². The fourth-order valence-corrected chi connectivity index (χ4v) is 4.09. The number of rotatable bonds is 5. The average molecular weight is 388 g/mol. The largest absolute Gasteiger partial charge is 0.463 e. The molecule has 0 saturated carbocycles. The lowest BCUT2D eigenvalue weighted by atomic mass is 10.0. The molecule has 2 amide bonds. The number of carbonyl (C=O) groups is 2. The highest BCUT2D eigenvalue weighted by atomic mass is 32.2. The van der Waals surface area contributed by atoms with Gasteiger partial charge in [-0.05, 0) is 31.0 Å². The third-order valence-electron chi connectivity index (χ3n) is 4.78. The van der Waals surface area contributed by atoms with Gasteiger partial charge in [0.2, 0.25) is 5.91 Å². The van der Waals surface area contributed by atoms with Crippen LogP contribution in [-0.4, -0.2) is 69.8 Å². The maximum Gasteiger partial charge on any atom is 0.410 e. The zero-order valence-electron chi connectivity index (χ0n) is 14.7. The van der Waals surface area contributed by atoms with E-state index in [2.05, 4.69) is 9.97 Å². The molecule has 0 N–H and O–H groups in total. The summed E-state index contributed by atoms with van der Waals surface area (Å²) in [5.74, 6) is 1.03. The number of cyclic esters (lactones) is 1. The zero-order chi connectivity index (χ0) is 18.6. The smallest absolute Gasteiger partial charge is 0.410 e. The molecule has 142 valence electrons. The lowest BCUT2D eigenvalue weighted by molar-refractivity contribution is -0.129. The van der Waals surface area contributed by atoms with Crippen LogP contribution in [0.1, 0.15) is 12.8 Å². The number of hydrogen-bond donors (Lipinski definition) is 0. The van der Waals surface area contributed by atoms with Crippen molar-refractivity contribution in [2.24, 2.45) is 0 Å². The number of nitrogens with zero attached hydrogens (tertiary/aromatic N) is 4. The van der Waals surface area contributed by atoms with Gasteiger partial charge in [-0.3, -0.25) is 4.79 Å². The van der Waals surface area contributed by atoms with Gasteiger partial charge in [-0.1, -0.05) is 11.8 Å². The van der Waals surface area contributed by atoms with Crippen LogP contribution < -0.4 is 0 Å². The molecule has 0 aliphatic carbocycles. The van der Waals surface area contributed by atoms with Crippen molar-refractivity contribution in [1.29, 1.82) is 0 Å². The molecule has 9 heteroatoms. The van der Waals surface area contributed by atoms with E-state index in [4.69, 9.17) is 9.15 Å². The predicted octanol–water partition coefficient (Wildman–Crippen LogP) is 2.27. The van der Waals surface area contributed by atoms with E-state index < -0.39 is 0 Å². The lowest BCUT2D eigenvalue weighted by Crippen LogP contribution is -2.47. The van der Waals surface area contributed by atoms with E-state index in [-0.39, 0.29) is 23.8 Å². The Kier molecular flexibility index (Phi) is 5.28. The second kappa shape index (κ2) is 7.99. The summed E-state index contributed by atoms with van der Waals surface area (Å²) in [6.45, 7) is 2.42. The summed E-state index contributed by atoms with van der Waals surface area (Å²) in [6, 6.07) is 5.59. The number of thioether (sulfide) groups is 1. The van der Waals surface area contributed by atoms with Gasteiger partial charge in [0.25, 0.3) is 0 Å². The van der Waals surface area contributed by atoms with Crippen molar-refractivity contribution in [3.63, 3.8) is 0 Å². The molecule has 4 rings (SSSR count). The fourth-order valence-electron chi connectivity index (χ4n) is 3.35. The number of piperidine rings is 1. The van der Waals surface area contributed by atoms with Crippen LogP contribution in [0.4, 0.5) is 4.79 Å². The normalized spacial score (nSPS) is 18.0. The van der Waals surface area contributed by atoms with E-state index in [9.17, 15) is 9.59 Å². The molecule has 2 aliphatic rings. The first-order chi connectivity index (χ1) is 13.2. The number of aromatic nitrogens is 2. The molecule has 0 radical (unpaired) electrons. The molecule has 0 atom stereocenters. The number of furan rings is 1. The lowest BCUT2D eigenvalue weighted by Gasteiger charge is -2.35. The first kappa shape index (κ1) is 17.8. The molecule has 2 saturated heterocycles. The van der Waals surface area contributed by atoms with Gasteiger partial charge in [0.05, 0.1) is 18.6 Å². The summed E-state index contributed by atoms with van der Waals surface area (Å²) in [5.41, 5.74) is 0.697. The average Bonchev–Trinajstić information content (AvgIpc) is 3.38. The van der Waals surface area contributed by atoms with Crippen LogP contribution in [0.2, 0.25) is 0 Å². The van der Waals surface area contributed by atoms with Crippen molar-refractivity contribution < 1.29 is 18.7 Å². The molecule has 2 aromatic heterocycles. The van der Waals surface area contributed by atoms with Crippen LogP contribution >= 0.6 is 11.8 Å². The first-order valence-corrected chi connectivity index (χ1v) is 9.90. The predicted molar refractivity (Wildman–Crippen MR) is 98.1 cm³/mol. The Bertz CT molecular complexity index is 805. The number of likely N-dealkylation sites (tertiary alicyclic amines) is 1. The van der Waals surface area contributed by atoms with Crippen molar-refractivity contribution in [2.75, 3.05) is 32.0 Å². The van der Waals surface area contributed by atoms with Crippen LogP contribution in [0.5, 0.6) is 0 Å². The van der Waals surface area contributed by atoms with Crippen LogP contribution in [0.15, 0.2) is 40.2 Å². The molecule has 2 fully saturated rings. The standard InChI is InChI=1S/C18H20N4O4S/c23-16(21-7-4-13(5-8-21)22-9-11-26-18(22)24)12-27-17-19-6-3-14(20-17)15-2-1-10-25-15/h1-3,6,10,13H,4-5,7-9,11-12H2. The minimum Gasteiger partial charge on any atom is -0.463 e. The Balaban J connectivity index is 1.28. The van der Waals surface area contributed by atoms with Crippen LogP contribution in [0.25, 0.3) is 11.5 Å². The SMILES string of the molecule is O=C(CSc1nccc(-c2ccco2)n1)N1CCC(N2CCOC2=O)CC1. The van der Waals surface area contributed by atoms with Crippen molar-refractivity contribution in [3.8, 4) is 11.5 Å². The molecule has 0 spiro atoms. The third kappa shape index (κ3) is 4.08. The van der Waals surface area contributed by atoms with Crippen LogP contribution in [0.3, 0.4) is 0 Å². The van der Waals surface area contributed by atoms with Crippen molar-refractivity contribution in [1.82, 2.24) is 19.8 Å². The highest BCUT2D eigenvalue weighted by Gasteiger charge is 2.33. The van der Waals surface area contributed by atoms with Crippen LogP contribution in [0, 0.1) is 0 Å². The summed E-state index contributed by atoms with van der Waals surface area (Å²) in [5, 5.41) is 0.548. The first-order valence-electron chi connectivity index (χ1n) is 8.91. The van der Waals surface area contributed by atoms with Gasteiger partial charge in [-0.25, -0.2) is 14.8 Å². The Morgan fingerprint density at radius 1 is 1.26 bits per heavy atom. The molecule has 0 unspecified atom stereocenters. The zero-order valence-corrected chi connectivity index (χ0v) is 15.6. The van der Waals surface area contributed by atoms with E-state index >= 15 is 0 Å². The van der Waals surface area contributed by atoms with E-state index in [0.29, 0.717) is 42.9 Å². The summed E-state index contributed by atoms with van der Waals surface area (Å²) >= 11 is 1.32. The molecule has 8 nitrogen and oxygen atoms in total. The van der Waals surface area contributed by atoms with E-state index in [0.717, 1.165) is 12.8 Å². The minimum atomic E-state index is -0.232. The number of hydrogen-bond acceptors (Lipinski definition) is 7. The van der Waals surface area contributed by atoms with E-state index in [1.165, 1.54) is 11.8 Å². The highest BCUT2D eigenvalue weighted by molar-refractivity contribution is 7.99. The van der Waals surface area contributed by atoms with Gasteiger partial charge < -0.3 is 19.0 Å². The Labute approximate surface area is 160 Å². The Hall–Kier alpha value is -2.55. The van der Waals surface area contributed by atoms with Crippen molar-refractivity contribution >= 4 is 23.8 Å². The molecule has 2 aromatic rings. The molecule has 4 heterocycles. The second-order valence-corrected chi connectivity index (χ2v) is 7.35. The quantitative estimate of drug-likeness (QED) is 0.573. The van der Waals surface area contributed by atoms with Gasteiger partial charge >= 0.3 is 6.09 Å². The molecule has 0 bridgehead atoms. The number of amides is 2. The topological polar surface area (TPSA) is 88.8 Å². The molecule has 0 aromatic carbocycles. The minimum absolute atomic E-state index is 0.0643. The van der Waals surface area contributed by atoms with E-state index in [1.807, 2.05) is 11.0 Å². The summed E-state index contributed by atoms with van der Waals surface area (Å²) < 4.78 is 10.3. The second-order valence-electron chi connectivity index (χ2n) is 6.41. The third-order valence-corrected chi connectivity index (χ3v) is 5.63. The number of ether oxygens (including phenoxy) is 1. The monoisotopic (exact) mass is 388 g/mol. The fraction of sp³-hybridized carbons (Fsp3) is 0.444. The van der Waals surface area contributed by atoms with Gasteiger partial charge in [0, 0.05) is 25.3 Å². The Morgan fingerprint density at radius 3 is 2.81 bits per heavy atom. The van der Waals surface area contributed by atoms with Gasteiger partial charge in [-0.2, -0.15) is 0 Å². The van der Waals surface area contributed by atoms with Gasteiger partial charge in [0.15, 0.2) is 10.9 Å². The van der Waals surface area contributed by atoms with Crippen LogP contribution in [-0.2, 0) is 9.53 Å². The summed E-state index contributed by atoms with van der Waals surface area (Å²) in [4.78, 5) is 36.4. The van der Waals surface area contributed by atoms with E-state index in [1.54, 1.807) is 29.5 Å². The maximum atomic E-state index is 12.5. The number of carbonyl (C=O) groups excluding carboxylic acids is 2. The highest BCUT2D eigenvalue weighted by Crippen LogP contribution is 2.23. The molecule has 27 heavy (non-hydrogen) atoms. The van der Waals surface area contributed by atoms with Crippen molar-refractivity contribution in [2.45, 2.75) is 24.0 Å². The van der Waals surface area contributed by atoms with Gasteiger partial charge in [0.1, 0.15) is 12.3 Å². The summed E-state index contributed by atoms with van der Waals surface area (Å²) in [7, 11) is 0. The maximum absolute atomic E-state index is 12.5.